The molecule has 0 fully saturated rings. The van der Waals surface area contributed by atoms with E-state index in [9.17, 15) is 0 Å². The van der Waals surface area contributed by atoms with Crippen molar-refractivity contribution in [3.8, 4) is 0 Å². The number of anilines is 3. The zero-order chi connectivity index (χ0) is 10.8. The molecule has 2 rings (SSSR count). The van der Waals surface area contributed by atoms with Crippen molar-refractivity contribution in [3.05, 3.63) is 36.5 Å². The van der Waals surface area contributed by atoms with Gasteiger partial charge in [-0.3, -0.25) is 4.68 Å². The van der Waals surface area contributed by atoms with Crippen LogP contribution in [0.2, 0.25) is 0 Å². The van der Waals surface area contributed by atoms with Gasteiger partial charge in [0.05, 0.1) is 5.69 Å². The molecule has 0 spiro atoms. The molecular weight excluding hydrogens is 188 g/mol. The lowest BCUT2D eigenvalue weighted by Crippen LogP contribution is -2.11. The molecule has 15 heavy (non-hydrogen) atoms. The maximum absolute atomic E-state index is 5.85. The number of rotatable bonds is 2. The van der Waals surface area contributed by atoms with Gasteiger partial charge in [-0.05, 0) is 12.1 Å². The van der Waals surface area contributed by atoms with Crippen molar-refractivity contribution in [1.82, 2.24) is 9.78 Å². The van der Waals surface area contributed by atoms with Gasteiger partial charge in [-0.1, -0.05) is 18.2 Å². The van der Waals surface area contributed by atoms with Crippen LogP contribution in [0.25, 0.3) is 0 Å². The second-order valence-corrected chi connectivity index (χ2v) is 3.48. The average molecular weight is 202 g/mol. The standard InChI is InChI=1S/C11H14N4/c1-14-8-10(12)11(13-14)15(2)9-6-4-3-5-7-9/h3-8H,12H2,1-2H3. The molecule has 78 valence electrons. The lowest BCUT2D eigenvalue weighted by atomic mass is 10.3. The number of nitrogen functional groups attached to an aromatic ring is 1. The average Bonchev–Trinajstić information content (AvgIpc) is 2.58. The molecule has 0 aliphatic rings. The first-order chi connectivity index (χ1) is 7.18. The number of hydrogen-bond acceptors (Lipinski definition) is 3. The quantitative estimate of drug-likeness (QED) is 0.807. The van der Waals surface area contributed by atoms with Gasteiger partial charge < -0.3 is 10.6 Å². The summed E-state index contributed by atoms with van der Waals surface area (Å²) in [5.41, 5.74) is 7.61. The fourth-order valence-corrected chi connectivity index (χ4v) is 1.53. The van der Waals surface area contributed by atoms with Gasteiger partial charge in [0, 0.05) is 26.0 Å². The Morgan fingerprint density at radius 2 is 1.93 bits per heavy atom. The predicted octanol–water partition coefficient (Wildman–Crippen LogP) is 1.77. The molecule has 0 saturated carbocycles. The summed E-state index contributed by atoms with van der Waals surface area (Å²) in [7, 11) is 3.81. The van der Waals surface area contributed by atoms with E-state index < -0.39 is 0 Å². The van der Waals surface area contributed by atoms with E-state index in [2.05, 4.69) is 5.10 Å². The van der Waals surface area contributed by atoms with Crippen LogP contribution in [0.15, 0.2) is 36.5 Å². The van der Waals surface area contributed by atoms with Gasteiger partial charge in [0.25, 0.3) is 0 Å². The Morgan fingerprint density at radius 1 is 1.27 bits per heavy atom. The van der Waals surface area contributed by atoms with E-state index in [0.29, 0.717) is 5.69 Å². The number of nitrogens with two attached hydrogens (primary N) is 1. The fraction of sp³-hybridized carbons (Fsp3) is 0.182. The van der Waals surface area contributed by atoms with E-state index in [0.717, 1.165) is 11.5 Å². The van der Waals surface area contributed by atoms with Crippen LogP contribution in [-0.4, -0.2) is 16.8 Å². The van der Waals surface area contributed by atoms with Crippen molar-refractivity contribution in [2.24, 2.45) is 7.05 Å². The lowest BCUT2D eigenvalue weighted by molar-refractivity contribution is 0.765. The molecule has 1 aromatic heterocycles. The van der Waals surface area contributed by atoms with Crippen LogP contribution >= 0.6 is 0 Å². The van der Waals surface area contributed by atoms with E-state index in [4.69, 9.17) is 5.73 Å². The molecule has 2 N–H and O–H groups in total. The SMILES string of the molecule is CN(c1ccccc1)c1nn(C)cc1N. The van der Waals surface area contributed by atoms with Crippen LogP contribution in [0.3, 0.4) is 0 Å². The highest BCUT2D eigenvalue weighted by Crippen LogP contribution is 2.26. The molecular formula is C11H14N4. The third-order valence-corrected chi connectivity index (χ3v) is 2.30. The largest absolute Gasteiger partial charge is 0.394 e. The summed E-state index contributed by atoms with van der Waals surface area (Å²) >= 11 is 0. The molecule has 2 aromatic rings. The molecule has 0 amide bonds. The molecule has 0 saturated heterocycles. The van der Waals surface area contributed by atoms with Crippen molar-refractivity contribution < 1.29 is 0 Å². The summed E-state index contributed by atoms with van der Waals surface area (Å²) in [6.07, 6.45) is 1.80. The van der Waals surface area contributed by atoms with E-state index >= 15 is 0 Å². The Hall–Kier alpha value is -1.97. The minimum absolute atomic E-state index is 0.684. The molecule has 0 bridgehead atoms. The normalized spacial score (nSPS) is 10.3. The van der Waals surface area contributed by atoms with Crippen LogP contribution in [0, 0.1) is 0 Å². The van der Waals surface area contributed by atoms with Crippen molar-refractivity contribution in [3.63, 3.8) is 0 Å². The van der Waals surface area contributed by atoms with Gasteiger partial charge in [0.15, 0.2) is 5.82 Å². The highest BCUT2D eigenvalue weighted by Gasteiger charge is 2.10. The molecule has 4 heteroatoms. The third kappa shape index (κ3) is 1.79. The van der Waals surface area contributed by atoms with Gasteiger partial charge in [-0.2, -0.15) is 5.10 Å². The van der Waals surface area contributed by atoms with Crippen molar-refractivity contribution in [1.29, 1.82) is 0 Å². The van der Waals surface area contributed by atoms with Crippen LogP contribution in [0.4, 0.5) is 17.2 Å². The number of nitrogens with zero attached hydrogens (tertiary/aromatic N) is 3. The maximum Gasteiger partial charge on any atom is 0.178 e. The summed E-state index contributed by atoms with van der Waals surface area (Å²) in [6.45, 7) is 0. The van der Waals surface area contributed by atoms with E-state index in [1.165, 1.54) is 0 Å². The molecule has 0 radical (unpaired) electrons. The van der Waals surface area contributed by atoms with Gasteiger partial charge in [0.2, 0.25) is 0 Å². The number of hydrogen-bond donors (Lipinski definition) is 1. The molecule has 1 aromatic carbocycles. The summed E-state index contributed by atoms with van der Waals surface area (Å²) in [4.78, 5) is 1.97. The Morgan fingerprint density at radius 3 is 2.47 bits per heavy atom. The second-order valence-electron chi connectivity index (χ2n) is 3.48. The van der Waals surface area contributed by atoms with Crippen LogP contribution in [0.5, 0.6) is 0 Å². The number of benzene rings is 1. The monoisotopic (exact) mass is 202 g/mol. The summed E-state index contributed by atoms with van der Waals surface area (Å²) in [6, 6.07) is 10.0. The topological polar surface area (TPSA) is 47.1 Å². The number of aryl methyl sites for hydroxylation is 1. The second kappa shape index (κ2) is 3.65. The predicted molar refractivity (Wildman–Crippen MR) is 62.1 cm³/mol. The van der Waals surface area contributed by atoms with Crippen molar-refractivity contribution >= 4 is 17.2 Å². The molecule has 0 aliphatic heterocycles. The van der Waals surface area contributed by atoms with Gasteiger partial charge in [-0.15, -0.1) is 0 Å². The maximum atomic E-state index is 5.85. The van der Waals surface area contributed by atoms with E-state index in [-0.39, 0.29) is 0 Å². The van der Waals surface area contributed by atoms with Gasteiger partial charge >= 0.3 is 0 Å². The Bertz CT molecular complexity index is 447. The highest BCUT2D eigenvalue weighted by atomic mass is 15.3. The number of aromatic nitrogens is 2. The van der Waals surface area contributed by atoms with Crippen LogP contribution < -0.4 is 10.6 Å². The van der Waals surface area contributed by atoms with Gasteiger partial charge in [-0.25, -0.2) is 0 Å². The van der Waals surface area contributed by atoms with Crippen molar-refractivity contribution in [2.75, 3.05) is 17.7 Å². The minimum Gasteiger partial charge on any atom is -0.394 e. The first-order valence-corrected chi connectivity index (χ1v) is 4.76. The smallest absolute Gasteiger partial charge is 0.178 e. The van der Waals surface area contributed by atoms with Crippen molar-refractivity contribution in [2.45, 2.75) is 0 Å². The summed E-state index contributed by atoms with van der Waals surface area (Å²) < 4.78 is 1.71. The third-order valence-electron chi connectivity index (χ3n) is 2.30. The fourth-order valence-electron chi connectivity index (χ4n) is 1.53. The molecule has 1 heterocycles. The Balaban J connectivity index is 2.36. The Kier molecular flexibility index (Phi) is 2.33. The first-order valence-electron chi connectivity index (χ1n) is 4.76. The van der Waals surface area contributed by atoms with Gasteiger partial charge in [0.1, 0.15) is 0 Å². The molecule has 0 aliphatic carbocycles. The minimum atomic E-state index is 0.684. The summed E-state index contributed by atoms with van der Waals surface area (Å²) in [5.74, 6) is 0.781. The Labute approximate surface area is 88.9 Å². The highest BCUT2D eigenvalue weighted by molar-refractivity contribution is 5.69. The lowest BCUT2D eigenvalue weighted by Gasteiger charge is -2.16. The number of para-hydroxylation sites is 1. The zero-order valence-electron chi connectivity index (χ0n) is 8.88. The summed E-state index contributed by atoms with van der Waals surface area (Å²) in [5, 5.41) is 4.30. The molecule has 0 unspecified atom stereocenters. The van der Waals surface area contributed by atoms with E-state index in [1.54, 1.807) is 10.9 Å². The molecule has 0 atom stereocenters. The first kappa shape index (κ1) is 9.58. The zero-order valence-corrected chi connectivity index (χ0v) is 8.88. The molecule has 4 nitrogen and oxygen atoms in total. The van der Waals surface area contributed by atoms with Crippen LogP contribution in [-0.2, 0) is 7.05 Å². The van der Waals surface area contributed by atoms with E-state index in [1.807, 2.05) is 49.3 Å². The van der Waals surface area contributed by atoms with Crippen LogP contribution in [0.1, 0.15) is 0 Å².